The molecule has 0 amide bonds. The van der Waals surface area contributed by atoms with Crippen LogP contribution in [0.2, 0.25) is 0 Å². The van der Waals surface area contributed by atoms with E-state index in [1.165, 1.54) is 7.05 Å². The maximum absolute atomic E-state index is 10.8. The summed E-state index contributed by atoms with van der Waals surface area (Å²) in [6, 6.07) is 0. The van der Waals surface area contributed by atoms with Crippen molar-refractivity contribution in [2.75, 3.05) is 33.4 Å². The smallest absolute Gasteiger partial charge is 0.276 e. The van der Waals surface area contributed by atoms with E-state index in [0.29, 0.717) is 26.2 Å². The Morgan fingerprint density at radius 2 is 2.08 bits per heavy atom. The second-order valence-corrected chi connectivity index (χ2v) is 4.00. The van der Waals surface area contributed by atoms with Crippen LogP contribution in [0, 0.1) is 0 Å². The Morgan fingerprint density at radius 1 is 1.38 bits per heavy atom. The van der Waals surface area contributed by atoms with Gasteiger partial charge in [0.25, 0.3) is 10.2 Å². The molecule has 0 saturated carbocycles. The average molecular weight is 212 g/mol. The minimum atomic E-state index is -3.32. The number of ether oxygens (including phenoxy) is 1. The van der Waals surface area contributed by atoms with Crippen LogP contribution < -0.4 is 9.44 Å². The molecule has 0 aliphatic heterocycles. The highest BCUT2D eigenvalue weighted by Crippen LogP contribution is 1.82. The van der Waals surface area contributed by atoms with Crippen LogP contribution in [0.1, 0.15) is 6.42 Å². The van der Waals surface area contributed by atoms with Crippen molar-refractivity contribution >= 4 is 10.2 Å². The normalized spacial score (nSPS) is 11.8. The van der Waals surface area contributed by atoms with E-state index in [2.05, 4.69) is 9.44 Å². The molecule has 0 saturated heterocycles. The summed E-state index contributed by atoms with van der Waals surface area (Å²) < 4.78 is 30.9. The van der Waals surface area contributed by atoms with Gasteiger partial charge < -0.3 is 9.84 Å². The monoisotopic (exact) mass is 212 g/mol. The van der Waals surface area contributed by atoms with Gasteiger partial charge in [0.05, 0.1) is 13.2 Å². The molecule has 7 heteroatoms. The van der Waals surface area contributed by atoms with Gasteiger partial charge in [-0.2, -0.15) is 8.42 Å². The van der Waals surface area contributed by atoms with E-state index in [1.807, 2.05) is 0 Å². The van der Waals surface area contributed by atoms with Crippen LogP contribution >= 0.6 is 0 Å². The molecule has 0 atom stereocenters. The van der Waals surface area contributed by atoms with Crippen molar-refractivity contribution in [2.24, 2.45) is 0 Å². The second-order valence-electron chi connectivity index (χ2n) is 2.29. The average Bonchev–Trinajstić information content (AvgIpc) is 2.11. The summed E-state index contributed by atoms with van der Waals surface area (Å²) in [5.74, 6) is 0. The van der Waals surface area contributed by atoms with Crippen molar-refractivity contribution in [3.8, 4) is 0 Å². The van der Waals surface area contributed by atoms with E-state index in [-0.39, 0.29) is 6.61 Å². The summed E-state index contributed by atoms with van der Waals surface area (Å²) in [5.41, 5.74) is 0. The molecule has 0 spiro atoms. The summed E-state index contributed by atoms with van der Waals surface area (Å²) in [7, 11) is -1.98. The van der Waals surface area contributed by atoms with Crippen molar-refractivity contribution in [3.63, 3.8) is 0 Å². The molecular weight excluding hydrogens is 196 g/mol. The molecule has 0 aliphatic carbocycles. The first-order valence-electron chi connectivity index (χ1n) is 3.99. The zero-order chi connectivity index (χ0) is 10.2. The van der Waals surface area contributed by atoms with Gasteiger partial charge in [-0.05, 0) is 6.42 Å². The number of hydrogen-bond acceptors (Lipinski definition) is 4. The summed E-state index contributed by atoms with van der Waals surface area (Å²) in [6.07, 6.45) is 0.584. The van der Waals surface area contributed by atoms with E-state index >= 15 is 0 Å². The van der Waals surface area contributed by atoms with Crippen LogP contribution in [0.3, 0.4) is 0 Å². The molecule has 0 aliphatic rings. The molecule has 3 N–H and O–H groups in total. The number of hydrogen-bond donors (Lipinski definition) is 3. The fourth-order valence-electron chi connectivity index (χ4n) is 0.620. The van der Waals surface area contributed by atoms with E-state index in [1.54, 1.807) is 0 Å². The van der Waals surface area contributed by atoms with Crippen LogP contribution in [0.25, 0.3) is 0 Å². The van der Waals surface area contributed by atoms with Gasteiger partial charge in [-0.3, -0.25) is 0 Å². The van der Waals surface area contributed by atoms with Gasteiger partial charge in [0.1, 0.15) is 0 Å². The van der Waals surface area contributed by atoms with Gasteiger partial charge in [0.15, 0.2) is 0 Å². The summed E-state index contributed by atoms with van der Waals surface area (Å²) in [4.78, 5) is 0. The van der Waals surface area contributed by atoms with Gasteiger partial charge in [-0.15, -0.1) is 0 Å². The number of aliphatic hydroxyl groups is 1. The molecule has 0 rings (SSSR count). The second kappa shape index (κ2) is 7.22. The molecule has 80 valence electrons. The van der Waals surface area contributed by atoms with E-state index in [0.717, 1.165) is 0 Å². The Bertz CT molecular complexity index is 205. The predicted molar refractivity (Wildman–Crippen MR) is 48.5 cm³/mol. The lowest BCUT2D eigenvalue weighted by molar-refractivity contribution is 0.0913. The lowest BCUT2D eigenvalue weighted by Crippen LogP contribution is -2.34. The number of aliphatic hydroxyl groups excluding tert-OH is 1. The minimum Gasteiger partial charge on any atom is -0.394 e. The lowest BCUT2D eigenvalue weighted by atomic mass is 10.5. The maximum Gasteiger partial charge on any atom is 0.276 e. The number of nitrogens with one attached hydrogen (secondary N) is 2. The third-order valence-corrected chi connectivity index (χ3v) is 2.38. The summed E-state index contributed by atoms with van der Waals surface area (Å²) in [5, 5.41) is 8.34. The van der Waals surface area contributed by atoms with E-state index < -0.39 is 10.2 Å². The quantitative estimate of drug-likeness (QED) is 0.425. The molecule has 6 nitrogen and oxygen atoms in total. The van der Waals surface area contributed by atoms with Crippen molar-refractivity contribution < 1.29 is 18.3 Å². The molecule has 13 heavy (non-hydrogen) atoms. The van der Waals surface area contributed by atoms with Gasteiger partial charge in [-0.1, -0.05) is 0 Å². The maximum atomic E-state index is 10.8. The fourth-order valence-corrected chi connectivity index (χ4v) is 1.18. The van der Waals surface area contributed by atoms with Crippen molar-refractivity contribution in [2.45, 2.75) is 6.42 Å². The first kappa shape index (κ1) is 12.8. The third-order valence-electron chi connectivity index (χ3n) is 1.26. The standard InChI is InChI=1S/C6H16N2O4S/c1-7-13(10,11)8-3-2-5-12-6-4-9/h7-9H,2-6H2,1H3. The highest BCUT2D eigenvalue weighted by atomic mass is 32.2. The highest BCUT2D eigenvalue weighted by molar-refractivity contribution is 7.87. The Kier molecular flexibility index (Phi) is 7.10. The SMILES string of the molecule is CNS(=O)(=O)NCCCOCCO. The highest BCUT2D eigenvalue weighted by Gasteiger charge is 2.02. The Labute approximate surface area is 78.5 Å². The van der Waals surface area contributed by atoms with E-state index in [4.69, 9.17) is 9.84 Å². The topological polar surface area (TPSA) is 87.7 Å². The van der Waals surface area contributed by atoms with Gasteiger partial charge in [0, 0.05) is 20.2 Å². The van der Waals surface area contributed by atoms with Crippen LogP contribution in [0.4, 0.5) is 0 Å². The molecule has 0 bridgehead atoms. The van der Waals surface area contributed by atoms with Crippen LogP contribution in [-0.4, -0.2) is 46.9 Å². The first-order valence-corrected chi connectivity index (χ1v) is 5.47. The summed E-state index contributed by atoms with van der Waals surface area (Å²) in [6.45, 7) is 1.04. The minimum absolute atomic E-state index is 0.0117. The zero-order valence-electron chi connectivity index (χ0n) is 7.62. The fraction of sp³-hybridized carbons (Fsp3) is 1.00. The van der Waals surface area contributed by atoms with Crippen molar-refractivity contribution in [3.05, 3.63) is 0 Å². The van der Waals surface area contributed by atoms with Crippen LogP contribution in [-0.2, 0) is 14.9 Å². The zero-order valence-corrected chi connectivity index (χ0v) is 8.43. The molecule has 0 unspecified atom stereocenters. The summed E-state index contributed by atoms with van der Waals surface area (Å²) >= 11 is 0. The molecule has 0 fully saturated rings. The Balaban J connectivity index is 3.26. The van der Waals surface area contributed by atoms with E-state index in [9.17, 15) is 8.42 Å². The van der Waals surface area contributed by atoms with Crippen LogP contribution in [0.15, 0.2) is 0 Å². The molecular formula is C6H16N2O4S. The van der Waals surface area contributed by atoms with Crippen molar-refractivity contribution in [1.82, 2.24) is 9.44 Å². The largest absolute Gasteiger partial charge is 0.394 e. The van der Waals surface area contributed by atoms with Gasteiger partial charge >= 0.3 is 0 Å². The van der Waals surface area contributed by atoms with Gasteiger partial charge in [0.2, 0.25) is 0 Å². The lowest BCUT2D eigenvalue weighted by Gasteiger charge is -2.04. The third kappa shape index (κ3) is 8.13. The molecule has 0 heterocycles. The molecule has 0 aromatic carbocycles. The predicted octanol–water partition coefficient (Wildman–Crippen LogP) is -1.56. The van der Waals surface area contributed by atoms with Crippen LogP contribution in [0.5, 0.6) is 0 Å². The molecule has 0 aromatic heterocycles. The Hall–Kier alpha value is -0.210. The van der Waals surface area contributed by atoms with Gasteiger partial charge in [-0.25, -0.2) is 9.44 Å². The number of rotatable bonds is 8. The Morgan fingerprint density at radius 3 is 2.62 bits per heavy atom. The van der Waals surface area contributed by atoms with Crippen molar-refractivity contribution in [1.29, 1.82) is 0 Å². The first-order chi connectivity index (χ1) is 6.12. The molecule has 0 aromatic rings. The molecule has 0 radical (unpaired) electrons.